The van der Waals surface area contributed by atoms with Crippen molar-refractivity contribution in [2.75, 3.05) is 7.11 Å². The summed E-state index contributed by atoms with van der Waals surface area (Å²) >= 11 is 6.24. The minimum Gasteiger partial charge on any atom is -0.465 e. The standard InChI is InChI=1S/C10H8Br2F2O3/c1-16-9(15)6-2-5(4-11)8(3-7(6)12)17-10(13)14/h2-3,10H,4H2,1H3. The number of hydrogen-bond donors (Lipinski definition) is 0. The maximum atomic E-state index is 12.1. The van der Waals surface area contributed by atoms with Gasteiger partial charge in [0, 0.05) is 15.4 Å². The molecule has 0 amide bonds. The van der Waals surface area contributed by atoms with Crippen LogP contribution in [0.15, 0.2) is 16.6 Å². The fourth-order valence-electron chi connectivity index (χ4n) is 1.18. The Morgan fingerprint density at radius 2 is 2.12 bits per heavy atom. The van der Waals surface area contributed by atoms with E-state index in [1.807, 2.05) is 0 Å². The predicted octanol–water partition coefficient (Wildman–Crippen LogP) is 3.73. The van der Waals surface area contributed by atoms with Crippen molar-refractivity contribution >= 4 is 37.8 Å². The van der Waals surface area contributed by atoms with Gasteiger partial charge in [-0.15, -0.1) is 0 Å². The SMILES string of the molecule is COC(=O)c1cc(CBr)c(OC(F)F)cc1Br. The van der Waals surface area contributed by atoms with Crippen LogP contribution in [0.2, 0.25) is 0 Å². The van der Waals surface area contributed by atoms with Gasteiger partial charge in [0.05, 0.1) is 12.7 Å². The molecule has 3 nitrogen and oxygen atoms in total. The highest BCUT2D eigenvalue weighted by molar-refractivity contribution is 9.10. The number of hydrogen-bond acceptors (Lipinski definition) is 3. The van der Waals surface area contributed by atoms with Crippen molar-refractivity contribution in [2.45, 2.75) is 11.9 Å². The van der Waals surface area contributed by atoms with Gasteiger partial charge in [0.25, 0.3) is 0 Å². The van der Waals surface area contributed by atoms with E-state index in [0.717, 1.165) is 0 Å². The van der Waals surface area contributed by atoms with E-state index in [9.17, 15) is 13.6 Å². The van der Waals surface area contributed by atoms with Crippen molar-refractivity contribution in [1.82, 2.24) is 0 Å². The smallest absolute Gasteiger partial charge is 0.387 e. The lowest BCUT2D eigenvalue weighted by atomic mass is 10.1. The molecule has 0 atom stereocenters. The Morgan fingerprint density at radius 1 is 1.47 bits per heavy atom. The average Bonchev–Trinajstić information content (AvgIpc) is 2.27. The number of esters is 1. The highest BCUT2D eigenvalue weighted by Crippen LogP contribution is 2.30. The Kier molecular flexibility index (Phi) is 5.32. The first-order valence-electron chi connectivity index (χ1n) is 4.41. The minimum atomic E-state index is -2.91. The summed E-state index contributed by atoms with van der Waals surface area (Å²) in [5, 5.41) is 0.284. The maximum absolute atomic E-state index is 12.1. The molecule has 0 spiro atoms. The summed E-state index contributed by atoms with van der Waals surface area (Å²) < 4.78 is 33.5. The van der Waals surface area contributed by atoms with Crippen molar-refractivity contribution in [2.24, 2.45) is 0 Å². The molecule has 0 aromatic heterocycles. The summed E-state index contributed by atoms with van der Waals surface area (Å²) in [6.45, 7) is -2.91. The zero-order valence-corrected chi connectivity index (χ0v) is 11.8. The molecule has 0 saturated carbocycles. The number of alkyl halides is 3. The first kappa shape index (κ1) is 14.4. The second-order valence-corrected chi connectivity index (χ2v) is 4.36. The molecular formula is C10H8Br2F2O3. The van der Waals surface area contributed by atoms with Crippen LogP contribution in [0, 0.1) is 0 Å². The van der Waals surface area contributed by atoms with Gasteiger partial charge in [0.15, 0.2) is 0 Å². The van der Waals surface area contributed by atoms with Crippen LogP contribution in [0.1, 0.15) is 15.9 Å². The Balaban J connectivity index is 3.19. The third kappa shape index (κ3) is 3.64. The lowest BCUT2D eigenvalue weighted by molar-refractivity contribution is -0.0503. The van der Waals surface area contributed by atoms with Crippen molar-refractivity contribution in [3.63, 3.8) is 0 Å². The van der Waals surface area contributed by atoms with Gasteiger partial charge in [-0.05, 0) is 28.1 Å². The summed E-state index contributed by atoms with van der Waals surface area (Å²) in [5.74, 6) is -0.543. The molecule has 0 heterocycles. The number of methoxy groups -OCH3 is 1. The molecule has 0 bridgehead atoms. The lowest BCUT2D eigenvalue weighted by Crippen LogP contribution is -2.07. The highest BCUT2D eigenvalue weighted by atomic mass is 79.9. The van der Waals surface area contributed by atoms with E-state index in [1.54, 1.807) is 0 Å². The third-order valence-electron chi connectivity index (χ3n) is 1.92. The molecule has 94 valence electrons. The molecule has 1 rings (SSSR count). The predicted molar refractivity (Wildman–Crippen MR) is 64.7 cm³/mol. The molecule has 0 N–H and O–H groups in total. The Bertz CT molecular complexity index is 424. The van der Waals surface area contributed by atoms with Gasteiger partial charge in [0.2, 0.25) is 0 Å². The van der Waals surface area contributed by atoms with Crippen LogP contribution < -0.4 is 4.74 Å². The van der Waals surface area contributed by atoms with Crippen molar-refractivity contribution in [3.8, 4) is 5.75 Å². The fraction of sp³-hybridized carbons (Fsp3) is 0.300. The first-order chi connectivity index (χ1) is 7.99. The molecule has 0 saturated heterocycles. The monoisotopic (exact) mass is 372 g/mol. The minimum absolute atomic E-state index is 0.0106. The van der Waals surface area contributed by atoms with Crippen LogP contribution in [-0.4, -0.2) is 19.7 Å². The van der Waals surface area contributed by atoms with Gasteiger partial charge < -0.3 is 9.47 Å². The summed E-state index contributed by atoms with van der Waals surface area (Å²) in [6, 6.07) is 2.75. The van der Waals surface area contributed by atoms with Gasteiger partial charge in [0.1, 0.15) is 5.75 Å². The molecule has 0 aliphatic carbocycles. The Labute approximate surface area is 113 Å². The van der Waals surface area contributed by atoms with Gasteiger partial charge >= 0.3 is 12.6 Å². The van der Waals surface area contributed by atoms with Crippen LogP contribution in [0.25, 0.3) is 0 Å². The van der Waals surface area contributed by atoms with E-state index >= 15 is 0 Å². The van der Waals surface area contributed by atoms with Gasteiger partial charge in [-0.3, -0.25) is 0 Å². The maximum Gasteiger partial charge on any atom is 0.387 e. The van der Waals surface area contributed by atoms with Crippen LogP contribution in [0.5, 0.6) is 5.75 Å². The van der Waals surface area contributed by atoms with E-state index in [1.165, 1.54) is 19.2 Å². The Morgan fingerprint density at radius 3 is 2.59 bits per heavy atom. The molecule has 0 radical (unpaired) electrons. The van der Waals surface area contributed by atoms with Crippen molar-refractivity contribution < 1.29 is 23.0 Å². The summed E-state index contributed by atoms with van der Waals surface area (Å²) in [4.78, 5) is 11.4. The molecule has 0 unspecified atom stereocenters. The van der Waals surface area contributed by atoms with E-state index < -0.39 is 12.6 Å². The second-order valence-electron chi connectivity index (χ2n) is 2.94. The van der Waals surface area contributed by atoms with Crippen LogP contribution in [0.4, 0.5) is 8.78 Å². The van der Waals surface area contributed by atoms with Gasteiger partial charge in [-0.1, -0.05) is 15.9 Å². The topological polar surface area (TPSA) is 35.5 Å². The second kappa shape index (κ2) is 6.30. The molecule has 0 aliphatic rings. The van der Waals surface area contributed by atoms with Crippen LogP contribution in [-0.2, 0) is 10.1 Å². The van der Waals surface area contributed by atoms with Crippen LogP contribution in [0.3, 0.4) is 0 Å². The fourth-order valence-corrected chi connectivity index (χ4v) is 2.10. The molecule has 0 fully saturated rings. The zero-order valence-electron chi connectivity index (χ0n) is 8.68. The molecule has 7 heteroatoms. The average molecular weight is 374 g/mol. The number of halogens is 4. The lowest BCUT2D eigenvalue weighted by Gasteiger charge is -2.11. The zero-order chi connectivity index (χ0) is 13.0. The highest BCUT2D eigenvalue weighted by Gasteiger charge is 2.17. The summed E-state index contributed by atoms with van der Waals surface area (Å²) in [7, 11) is 1.24. The van der Waals surface area contributed by atoms with Gasteiger partial charge in [-0.25, -0.2) is 4.79 Å². The van der Waals surface area contributed by atoms with Gasteiger partial charge in [-0.2, -0.15) is 8.78 Å². The summed E-state index contributed by atoms with van der Waals surface area (Å²) in [6.07, 6.45) is 0. The quantitative estimate of drug-likeness (QED) is 0.595. The Hall–Kier alpha value is -0.690. The molecular weight excluding hydrogens is 366 g/mol. The molecule has 1 aromatic carbocycles. The number of carbonyl (C=O) groups is 1. The number of rotatable bonds is 4. The number of benzene rings is 1. The van der Waals surface area contributed by atoms with E-state index in [-0.39, 0.29) is 16.6 Å². The number of carbonyl (C=O) groups excluding carboxylic acids is 1. The van der Waals surface area contributed by atoms with E-state index in [2.05, 4.69) is 41.3 Å². The van der Waals surface area contributed by atoms with E-state index in [0.29, 0.717) is 10.0 Å². The largest absolute Gasteiger partial charge is 0.465 e. The summed E-state index contributed by atoms with van der Waals surface area (Å²) in [5.41, 5.74) is 0.692. The van der Waals surface area contributed by atoms with Crippen LogP contribution >= 0.6 is 31.9 Å². The first-order valence-corrected chi connectivity index (χ1v) is 6.32. The van der Waals surface area contributed by atoms with Crippen molar-refractivity contribution in [3.05, 3.63) is 27.7 Å². The van der Waals surface area contributed by atoms with E-state index in [4.69, 9.17) is 0 Å². The van der Waals surface area contributed by atoms with Crippen molar-refractivity contribution in [1.29, 1.82) is 0 Å². The normalized spacial score (nSPS) is 10.5. The third-order valence-corrected chi connectivity index (χ3v) is 3.18. The molecule has 0 aliphatic heterocycles. The molecule has 17 heavy (non-hydrogen) atoms. The molecule has 1 aromatic rings. The number of ether oxygens (including phenoxy) is 2.